The molecule has 118 valence electrons. The Kier molecular flexibility index (Phi) is 5.39. The largest absolute Gasteiger partial charge is 0.314 e. The first-order valence-electron chi connectivity index (χ1n) is 8.20. The summed E-state index contributed by atoms with van der Waals surface area (Å²) in [5, 5.41) is 3.59. The molecule has 0 spiro atoms. The summed E-state index contributed by atoms with van der Waals surface area (Å²) in [6.07, 6.45) is 1.16. The number of hydrogen-bond acceptors (Lipinski definition) is 2. The monoisotopic (exact) mass is 292 g/mol. The number of benzene rings is 1. The van der Waals surface area contributed by atoms with Crippen LogP contribution in [0.5, 0.6) is 0 Å². The highest BCUT2D eigenvalue weighted by molar-refractivity contribution is 5.25. The van der Waals surface area contributed by atoms with Crippen molar-refractivity contribution in [2.75, 3.05) is 13.1 Å². The van der Waals surface area contributed by atoms with Crippen molar-refractivity contribution in [3.05, 3.63) is 35.1 Å². The van der Waals surface area contributed by atoms with Crippen LogP contribution in [0.2, 0.25) is 0 Å². The molecule has 1 aromatic rings. The predicted molar refractivity (Wildman–Crippen MR) is 87.0 cm³/mol. The molecule has 1 aliphatic rings. The number of piperidine rings is 1. The van der Waals surface area contributed by atoms with Crippen LogP contribution in [0.3, 0.4) is 0 Å². The fourth-order valence-corrected chi connectivity index (χ4v) is 3.55. The molecule has 1 fully saturated rings. The highest BCUT2D eigenvalue weighted by Crippen LogP contribution is 2.32. The van der Waals surface area contributed by atoms with Crippen LogP contribution >= 0.6 is 0 Å². The minimum atomic E-state index is -0.0948. The van der Waals surface area contributed by atoms with Gasteiger partial charge in [0.2, 0.25) is 0 Å². The number of likely N-dealkylation sites (tertiary alicyclic amines) is 1. The second kappa shape index (κ2) is 6.89. The lowest BCUT2D eigenvalue weighted by Gasteiger charge is -2.46. The van der Waals surface area contributed by atoms with Crippen LogP contribution in [0.15, 0.2) is 18.2 Å². The van der Waals surface area contributed by atoms with E-state index < -0.39 is 0 Å². The van der Waals surface area contributed by atoms with Crippen molar-refractivity contribution in [3.63, 3.8) is 0 Å². The van der Waals surface area contributed by atoms with Crippen molar-refractivity contribution in [2.45, 2.75) is 59.2 Å². The number of nitrogens with zero attached hydrogens (tertiary/aromatic N) is 1. The third-order valence-electron chi connectivity index (χ3n) is 5.26. The van der Waals surface area contributed by atoms with Gasteiger partial charge in [-0.3, -0.25) is 4.90 Å². The van der Waals surface area contributed by atoms with Crippen LogP contribution in [0.1, 0.15) is 51.3 Å². The summed E-state index contributed by atoms with van der Waals surface area (Å²) in [6, 6.07) is 7.02. The molecule has 4 unspecified atom stereocenters. The Bertz CT molecular complexity index is 474. The van der Waals surface area contributed by atoms with E-state index in [4.69, 9.17) is 0 Å². The number of hydrogen-bond donors (Lipinski definition) is 1. The quantitative estimate of drug-likeness (QED) is 0.905. The van der Waals surface area contributed by atoms with Gasteiger partial charge >= 0.3 is 0 Å². The van der Waals surface area contributed by atoms with Gasteiger partial charge in [-0.25, -0.2) is 4.39 Å². The standard InChI is InChI=1S/C18H29FN2/c1-6-20-18-9-10-21(14(4)13(18)3)15(5)16-8-7-12(2)17(19)11-16/h7-8,11,13-15,18,20H,6,9-10H2,1-5H3. The number of halogens is 1. The summed E-state index contributed by atoms with van der Waals surface area (Å²) in [5.74, 6) is 0.513. The minimum absolute atomic E-state index is 0.0948. The van der Waals surface area contributed by atoms with Gasteiger partial charge in [-0.2, -0.15) is 0 Å². The first-order valence-corrected chi connectivity index (χ1v) is 8.20. The van der Waals surface area contributed by atoms with Gasteiger partial charge in [0.05, 0.1) is 0 Å². The van der Waals surface area contributed by atoms with Crippen LogP contribution < -0.4 is 5.32 Å². The molecule has 21 heavy (non-hydrogen) atoms. The van der Waals surface area contributed by atoms with Crippen molar-refractivity contribution in [1.29, 1.82) is 0 Å². The molecule has 4 atom stereocenters. The zero-order valence-electron chi connectivity index (χ0n) is 14.0. The lowest BCUT2D eigenvalue weighted by molar-refractivity contribution is 0.0528. The van der Waals surface area contributed by atoms with Crippen LogP contribution in [-0.2, 0) is 0 Å². The summed E-state index contributed by atoms with van der Waals surface area (Å²) < 4.78 is 13.8. The van der Waals surface area contributed by atoms with Crippen molar-refractivity contribution >= 4 is 0 Å². The second-order valence-corrected chi connectivity index (χ2v) is 6.47. The molecule has 1 N–H and O–H groups in total. The van der Waals surface area contributed by atoms with Crippen LogP contribution in [0, 0.1) is 18.7 Å². The van der Waals surface area contributed by atoms with E-state index in [9.17, 15) is 4.39 Å². The maximum absolute atomic E-state index is 13.8. The zero-order chi connectivity index (χ0) is 15.6. The Hall–Kier alpha value is -0.930. The van der Waals surface area contributed by atoms with E-state index in [0.29, 0.717) is 18.0 Å². The van der Waals surface area contributed by atoms with Crippen LogP contribution in [0.25, 0.3) is 0 Å². The van der Waals surface area contributed by atoms with E-state index in [-0.39, 0.29) is 11.9 Å². The first-order chi connectivity index (χ1) is 9.95. The fourth-order valence-electron chi connectivity index (χ4n) is 3.55. The third kappa shape index (κ3) is 3.46. The summed E-state index contributed by atoms with van der Waals surface area (Å²) in [7, 11) is 0. The summed E-state index contributed by atoms with van der Waals surface area (Å²) in [4.78, 5) is 2.52. The highest BCUT2D eigenvalue weighted by atomic mass is 19.1. The molecule has 3 heteroatoms. The Morgan fingerprint density at radius 2 is 2.10 bits per heavy atom. The molecule has 0 aromatic heterocycles. The van der Waals surface area contributed by atoms with Gasteiger partial charge in [-0.1, -0.05) is 26.0 Å². The van der Waals surface area contributed by atoms with E-state index in [1.165, 1.54) is 0 Å². The van der Waals surface area contributed by atoms with E-state index in [2.05, 4.69) is 44.0 Å². The first kappa shape index (κ1) is 16.4. The second-order valence-electron chi connectivity index (χ2n) is 6.47. The van der Waals surface area contributed by atoms with Crippen molar-refractivity contribution in [1.82, 2.24) is 10.2 Å². The SMILES string of the molecule is CCNC1CCN(C(C)c2ccc(C)c(F)c2)C(C)C1C. The molecule has 2 nitrogen and oxygen atoms in total. The Labute approximate surface area is 128 Å². The maximum atomic E-state index is 13.8. The van der Waals surface area contributed by atoms with Gasteiger partial charge in [-0.15, -0.1) is 0 Å². The number of aryl methyl sites for hydroxylation is 1. The minimum Gasteiger partial charge on any atom is -0.314 e. The summed E-state index contributed by atoms with van der Waals surface area (Å²) >= 11 is 0. The highest BCUT2D eigenvalue weighted by Gasteiger charge is 2.34. The predicted octanol–water partition coefficient (Wildman–Crippen LogP) is 3.90. The average Bonchev–Trinajstić information content (AvgIpc) is 2.46. The summed E-state index contributed by atoms with van der Waals surface area (Å²) in [6.45, 7) is 12.9. The van der Waals surface area contributed by atoms with E-state index in [0.717, 1.165) is 30.6 Å². The Balaban J connectivity index is 2.12. The zero-order valence-corrected chi connectivity index (χ0v) is 14.0. The molecule has 0 saturated carbocycles. The molecule has 2 rings (SSSR count). The lowest BCUT2D eigenvalue weighted by Crippen LogP contribution is -2.53. The van der Waals surface area contributed by atoms with E-state index in [1.807, 2.05) is 13.0 Å². The molecule has 1 aromatic carbocycles. The topological polar surface area (TPSA) is 15.3 Å². The van der Waals surface area contributed by atoms with E-state index >= 15 is 0 Å². The maximum Gasteiger partial charge on any atom is 0.126 e. The van der Waals surface area contributed by atoms with Crippen LogP contribution in [-0.4, -0.2) is 30.1 Å². The number of rotatable bonds is 4. The van der Waals surface area contributed by atoms with Crippen molar-refractivity contribution in [3.8, 4) is 0 Å². The van der Waals surface area contributed by atoms with Gasteiger partial charge in [-0.05, 0) is 56.8 Å². The lowest BCUT2D eigenvalue weighted by atomic mass is 9.85. The molecule has 1 heterocycles. The molecule has 0 amide bonds. The van der Waals surface area contributed by atoms with Gasteiger partial charge in [0.15, 0.2) is 0 Å². The number of nitrogens with one attached hydrogen (secondary N) is 1. The van der Waals surface area contributed by atoms with Crippen LogP contribution in [0.4, 0.5) is 4.39 Å². The van der Waals surface area contributed by atoms with Gasteiger partial charge in [0.1, 0.15) is 5.82 Å². The fraction of sp³-hybridized carbons (Fsp3) is 0.667. The van der Waals surface area contributed by atoms with Crippen molar-refractivity contribution in [2.24, 2.45) is 5.92 Å². The molecule has 0 radical (unpaired) electrons. The Morgan fingerprint density at radius 1 is 1.38 bits per heavy atom. The summed E-state index contributed by atoms with van der Waals surface area (Å²) in [5.41, 5.74) is 1.80. The smallest absolute Gasteiger partial charge is 0.126 e. The Morgan fingerprint density at radius 3 is 2.71 bits per heavy atom. The molecule has 0 aliphatic carbocycles. The molecular formula is C18H29FN2. The van der Waals surface area contributed by atoms with Gasteiger partial charge in [0, 0.05) is 24.7 Å². The average molecular weight is 292 g/mol. The van der Waals surface area contributed by atoms with Gasteiger partial charge < -0.3 is 5.32 Å². The van der Waals surface area contributed by atoms with Crippen molar-refractivity contribution < 1.29 is 4.39 Å². The molecule has 1 saturated heterocycles. The van der Waals surface area contributed by atoms with E-state index in [1.54, 1.807) is 6.07 Å². The molecule has 1 aliphatic heterocycles. The van der Waals surface area contributed by atoms with Gasteiger partial charge in [0.25, 0.3) is 0 Å². The normalized spacial score (nSPS) is 28.6. The third-order valence-corrected chi connectivity index (χ3v) is 5.26. The molecule has 0 bridgehead atoms. The molecular weight excluding hydrogens is 263 g/mol.